The molecule has 30 heavy (non-hydrogen) atoms. The van der Waals surface area contributed by atoms with Gasteiger partial charge in [-0.25, -0.2) is 0 Å². The van der Waals surface area contributed by atoms with E-state index in [0.717, 1.165) is 11.1 Å². The Labute approximate surface area is 182 Å². The summed E-state index contributed by atoms with van der Waals surface area (Å²) in [6.07, 6.45) is 1.81. The number of rotatable bonds is 6. The maximum atomic E-state index is 12.8. The summed E-state index contributed by atoms with van der Waals surface area (Å²) in [7, 11) is 1.60. The molecule has 2 heterocycles. The third-order valence-corrected chi connectivity index (χ3v) is 5.55. The van der Waals surface area contributed by atoms with Crippen molar-refractivity contribution in [1.82, 2.24) is 14.6 Å². The molecule has 0 aliphatic heterocycles. The fourth-order valence-electron chi connectivity index (χ4n) is 2.86. The van der Waals surface area contributed by atoms with Crippen LogP contribution in [0.2, 0.25) is 5.02 Å². The minimum Gasteiger partial charge on any atom is -0.493 e. The SMILES string of the molecule is COc1cc(/C=c2\sc3nc(-c4ccc(Cl)cc4)nn3c2=O)ccc1OCC(C)C. The van der Waals surface area contributed by atoms with Crippen LogP contribution in [0.15, 0.2) is 47.3 Å². The molecule has 0 unspecified atom stereocenters. The number of halogens is 1. The highest BCUT2D eigenvalue weighted by Crippen LogP contribution is 2.28. The summed E-state index contributed by atoms with van der Waals surface area (Å²) in [5.74, 6) is 2.22. The lowest BCUT2D eigenvalue weighted by molar-refractivity contribution is 0.257. The Hall–Kier alpha value is -2.90. The summed E-state index contributed by atoms with van der Waals surface area (Å²) in [5, 5.41) is 5.00. The van der Waals surface area contributed by atoms with Gasteiger partial charge in [-0.15, -0.1) is 5.10 Å². The van der Waals surface area contributed by atoms with Crippen LogP contribution in [-0.2, 0) is 0 Å². The van der Waals surface area contributed by atoms with E-state index in [2.05, 4.69) is 23.9 Å². The molecule has 6 nitrogen and oxygen atoms in total. The lowest BCUT2D eigenvalue weighted by Gasteiger charge is -2.12. The Morgan fingerprint density at radius 1 is 1.17 bits per heavy atom. The predicted molar refractivity (Wildman–Crippen MR) is 120 cm³/mol. The van der Waals surface area contributed by atoms with Crippen LogP contribution in [-0.4, -0.2) is 28.3 Å². The van der Waals surface area contributed by atoms with E-state index in [1.165, 1.54) is 15.9 Å². The summed E-state index contributed by atoms with van der Waals surface area (Å²) in [6, 6.07) is 12.8. The first kappa shape index (κ1) is 20.4. The van der Waals surface area contributed by atoms with Crippen molar-refractivity contribution in [2.75, 3.05) is 13.7 Å². The van der Waals surface area contributed by atoms with Crippen molar-refractivity contribution in [2.24, 2.45) is 5.92 Å². The zero-order valence-corrected chi connectivity index (χ0v) is 18.3. The smallest absolute Gasteiger partial charge is 0.291 e. The van der Waals surface area contributed by atoms with Gasteiger partial charge in [-0.2, -0.15) is 9.50 Å². The fourth-order valence-corrected chi connectivity index (χ4v) is 3.89. The lowest BCUT2D eigenvalue weighted by atomic mass is 10.2. The van der Waals surface area contributed by atoms with Crippen LogP contribution < -0.4 is 19.6 Å². The fraction of sp³-hybridized carbons (Fsp3) is 0.227. The van der Waals surface area contributed by atoms with Crippen molar-refractivity contribution in [1.29, 1.82) is 0 Å². The molecule has 154 valence electrons. The summed E-state index contributed by atoms with van der Waals surface area (Å²) >= 11 is 7.22. The zero-order valence-electron chi connectivity index (χ0n) is 16.8. The van der Waals surface area contributed by atoms with Crippen LogP contribution in [0.5, 0.6) is 11.5 Å². The van der Waals surface area contributed by atoms with E-state index in [1.54, 1.807) is 25.3 Å². The molecule has 0 fully saturated rings. The molecule has 0 saturated carbocycles. The third-order valence-electron chi connectivity index (χ3n) is 4.34. The Kier molecular flexibility index (Phi) is 5.74. The number of benzene rings is 2. The molecule has 4 aromatic rings. The number of nitrogens with zero attached hydrogens (tertiary/aromatic N) is 3. The van der Waals surface area contributed by atoms with E-state index in [0.29, 0.717) is 44.4 Å². The molecule has 0 radical (unpaired) electrons. The molecular formula is C22H20ClN3O3S. The van der Waals surface area contributed by atoms with Gasteiger partial charge < -0.3 is 9.47 Å². The lowest BCUT2D eigenvalue weighted by Crippen LogP contribution is -2.23. The molecule has 4 rings (SSSR count). The van der Waals surface area contributed by atoms with Gasteiger partial charge in [-0.3, -0.25) is 4.79 Å². The number of thiazole rings is 1. The summed E-state index contributed by atoms with van der Waals surface area (Å²) in [4.78, 5) is 17.8. The molecule has 0 amide bonds. The van der Waals surface area contributed by atoms with Gasteiger partial charge in [-0.1, -0.05) is 42.9 Å². The van der Waals surface area contributed by atoms with Crippen molar-refractivity contribution in [2.45, 2.75) is 13.8 Å². The average molecular weight is 442 g/mol. The standard InChI is InChI=1S/C22H20ClN3O3S/c1-13(2)12-29-17-9-4-14(10-18(17)28-3)11-19-21(27)26-22(30-19)24-20(25-26)15-5-7-16(23)8-6-15/h4-11,13H,12H2,1-3H3/b19-11-. The normalized spacial score (nSPS) is 12.1. The first-order valence-electron chi connectivity index (χ1n) is 9.42. The van der Waals surface area contributed by atoms with Crippen LogP contribution >= 0.6 is 22.9 Å². The Bertz CT molecular complexity index is 1300. The molecule has 2 aromatic carbocycles. The maximum absolute atomic E-state index is 12.8. The molecule has 0 bridgehead atoms. The molecule has 2 aromatic heterocycles. The number of ether oxygens (including phenoxy) is 2. The van der Waals surface area contributed by atoms with Crippen LogP contribution in [0.4, 0.5) is 0 Å². The molecule has 0 atom stereocenters. The average Bonchev–Trinajstić information content (AvgIpc) is 3.27. The van der Waals surface area contributed by atoms with Crippen molar-refractivity contribution in [3.63, 3.8) is 0 Å². The van der Waals surface area contributed by atoms with Gasteiger partial charge >= 0.3 is 0 Å². The topological polar surface area (TPSA) is 65.7 Å². The zero-order chi connectivity index (χ0) is 21.3. The van der Waals surface area contributed by atoms with Gasteiger partial charge in [0.1, 0.15) is 0 Å². The highest BCUT2D eigenvalue weighted by molar-refractivity contribution is 7.15. The number of methoxy groups -OCH3 is 1. The monoisotopic (exact) mass is 441 g/mol. The van der Waals surface area contributed by atoms with Crippen molar-refractivity contribution >= 4 is 34.0 Å². The first-order chi connectivity index (χ1) is 14.4. The highest BCUT2D eigenvalue weighted by Gasteiger charge is 2.12. The molecule has 0 spiro atoms. The molecule has 0 N–H and O–H groups in total. The van der Waals surface area contributed by atoms with Crippen LogP contribution in [0.3, 0.4) is 0 Å². The summed E-state index contributed by atoms with van der Waals surface area (Å²) in [5.41, 5.74) is 1.44. The van der Waals surface area contributed by atoms with Gasteiger partial charge in [-0.05, 0) is 54.0 Å². The third kappa shape index (κ3) is 4.17. The van der Waals surface area contributed by atoms with Crippen molar-refractivity contribution in [3.8, 4) is 22.9 Å². The van der Waals surface area contributed by atoms with Crippen LogP contribution in [0.25, 0.3) is 22.4 Å². The maximum Gasteiger partial charge on any atom is 0.291 e. The number of hydrogen-bond acceptors (Lipinski definition) is 6. The number of aromatic nitrogens is 3. The largest absolute Gasteiger partial charge is 0.493 e. The number of fused-ring (bicyclic) bond motifs is 1. The second kappa shape index (κ2) is 8.45. The van der Waals surface area contributed by atoms with E-state index in [-0.39, 0.29) is 5.56 Å². The molecule has 0 saturated heterocycles. The van der Waals surface area contributed by atoms with E-state index >= 15 is 0 Å². The van der Waals surface area contributed by atoms with Gasteiger partial charge in [0.2, 0.25) is 4.96 Å². The van der Waals surface area contributed by atoms with Crippen LogP contribution in [0.1, 0.15) is 19.4 Å². The molecule has 8 heteroatoms. The van der Waals surface area contributed by atoms with Crippen molar-refractivity contribution in [3.05, 3.63) is 67.9 Å². The van der Waals surface area contributed by atoms with Gasteiger partial charge in [0.25, 0.3) is 5.56 Å². The van der Waals surface area contributed by atoms with E-state index in [4.69, 9.17) is 21.1 Å². The van der Waals surface area contributed by atoms with Gasteiger partial charge in [0.05, 0.1) is 18.2 Å². The Morgan fingerprint density at radius 2 is 1.93 bits per heavy atom. The Balaban J connectivity index is 1.67. The van der Waals surface area contributed by atoms with Crippen LogP contribution in [0, 0.1) is 5.92 Å². The minimum atomic E-state index is -0.207. The Morgan fingerprint density at radius 3 is 2.60 bits per heavy atom. The predicted octanol–water partition coefficient (Wildman–Crippen LogP) is 4.06. The number of hydrogen-bond donors (Lipinski definition) is 0. The van der Waals surface area contributed by atoms with E-state index in [1.807, 2.05) is 30.3 Å². The quantitative estimate of drug-likeness (QED) is 0.451. The minimum absolute atomic E-state index is 0.207. The second-order valence-electron chi connectivity index (χ2n) is 7.17. The van der Waals surface area contributed by atoms with Gasteiger partial charge in [0, 0.05) is 10.6 Å². The highest BCUT2D eigenvalue weighted by atomic mass is 35.5. The first-order valence-corrected chi connectivity index (χ1v) is 10.6. The molecule has 0 aliphatic carbocycles. The van der Waals surface area contributed by atoms with Gasteiger partial charge in [0.15, 0.2) is 17.3 Å². The van der Waals surface area contributed by atoms with Crippen molar-refractivity contribution < 1.29 is 9.47 Å². The van der Waals surface area contributed by atoms with E-state index < -0.39 is 0 Å². The molecular weight excluding hydrogens is 422 g/mol. The van der Waals surface area contributed by atoms with E-state index in [9.17, 15) is 4.79 Å². The summed E-state index contributed by atoms with van der Waals surface area (Å²) < 4.78 is 13.1. The summed E-state index contributed by atoms with van der Waals surface area (Å²) in [6.45, 7) is 4.78. The second-order valence-corrected chi connectivity index (χ2v) is 8.61. The molecule has 0 aliphatic rings.